The van der Waals surface area contributed by atoms with Crippen LogP contribution < -0.4 is 4.74 Å². The molecule has 1 aromatic heterocycles. The first kappa shape index (κ1) is 18.6. The van der Waals surface area contributed by atoms with E-state index in [9.17, 15) is 9.90 Å². The zero-order valence-corrected chi connectivity index (χ0v) is 15.7. The van der Waals surface area contributed by atoms with E-state index >= 15 is 0 Å². The lowest BCUT2D eigenvalue weighted by Crippen LogP contribution is -2.03. The lowest BCUT2D eigenvalue weighted by atomic mass is 10.1. The maximum absolute atomic E-state index is 12.2. The molecular formula is C21H23N3O3. The van der Waals surface area contributed by atoms with Gasteiger partial charge in [-0.15, -0.1) is 10.2 Å². The van der Waals surface area contributed by atoms with E-state index in [2.05, 4.69) is 24.1 Å². The molecule has 0 saturated carbocycles. The largest absolute Gasteiger partial charge is 0.497 e. The number of benzene rings is 2. The van der Waals surface area contributed by atoms with Crippen molar-refractivity contribution in [3.63, 3.8) is 0 Å². The highest BCUT2D eigenvalue weighted by Crippen LogP contribution is 2.40. The second-order valence-corrected chi connectivity index (χ2v) is 6.82. The average molecular weight is 365 g/mol. The van der Waals surface area contributed by atoms with Crippen LogP contribution in [0.2, 0.25) is 0 Å². The number of aromatic hydroxyl groups is 1. The van der Waals surface area contributed by atoms with Crippen molar-refractivity contribution in [2.75, 3.05) is 7.11 Å². The summed E-state index contributed by atoms with van der Waals surface area (Å²) in [6, 6.07) is 14.9. The lowest BCUT2D eigenvalue weighted by Gasteiger charge is -2.09. The predicted octanol–water partition coefficient (Wildman–Crippen LogP) is 4.86. The minimum atomic E-state index is -0.367. The van der Waals surface area contributed by atoms with Gasteiger partial charge in [-0.25, -0.2) is 0 Å². The molecule has 0 aliphatic rings. The van der Waals surface area contributed by atoms with Crippen molar-refractivity contribution in [2.45, 2.75) is 26.8 Å². The van der Waals surface area contributed by atoms with E-state index in [-0.39, 0.29) is 23.9 Å². The zero-order valence-electron chi connectivity index (χ0n) is 15.7. The SMILES string of the molecule is COc1ccc2c(c1)c(N=NC(=O)Cc1ccccc1)c(O)n2CC(C)C. The van der Waals surface area contributed by atoms with Crippen LogP contribution in [0, 0.1) is 5.92 Å². The summed E-state index contributed by atoms with van der Waals surface area (Å²) in [6.45, 7) is 4.76. The molecule has 140 valence electrons. The van der Waals surface area contributed by atoms with Crippen molar-refractivity contribution >= 4 is 22.5 Å². The molecule has 1 N–H and O–H groups in total. The van der Waals surface area contributed by atoms with E-state index < -0.39 is 0 Å². The first-order chi connectivity index (χ1) is 13.0. The van der Waals surface area contributed by atoms with Crippen LogP contribution >= 0.6 is 0 Å². The van der Waals surface area contributed by atoms with Crippen molar-refractivity contribution in [1.29, 1.82) is 0 Å². The van der Waals surface area contributed by atoms with Gasteiger partial charge in [0.15, 0.2) is 5.69 Å². The number of nitrogens with zero attached hydrogens (tertiary/aromatic N) is 3. The summed E-state index contributed by atoms with van der Waals surface area (Å²) >= 11 is 0. The minimum absolute atomic E-state index is 0.00298. The number of hydrogen-bond acceptors (Lipinski definition) is 4. The molecule has 0 atom stereocenters. The van der Waals surface area contributed by atoms with E-state index in [1.54, 1.807) is 17.7 Å². The van der Waals surface area contributed by atoms with Gasteiger partial charge in [0, 0.05) is 11.9 Å². The summed E-state index contributed by atoms with van der Waals surface area (Å²) < 4.78 is 7.07. The molecule has 27 heavy (non-hydrogen) atoms. The van der Waals surface area contributed by atoms with Crippen molar-refractivity contribution in [2.24, 2.45) is 16.1 Å². The number of amides is 1. The highest BCUT2D eigenvalue weighted by atomic mass is 16.5. The molecule has 0 saturated heterocycles. The second kappa shape index (κ2) is 8.03. The number of methoxy groups -OCH3 is 1. The van der Waals surface area contributed by atoms with Crippen LogP contribution in [0.4, 0.5) is 5.69 Å². The molecule has 0 unspecified atom stereocenters. The number of aromatic nitrogens is 1. The Labute approximate surface area is 158 Å². The fourth-order valence-electron chi connectivity index (χ4n) is 2.99. The van der Waals surface area contributed by atoms with E-state index in [0.29, 0.717) is 23.6 Å². The Morgan fingerprint density at radius 1 is 1.19 bits per heavy atom. The summed E-state index contributed by atoms with van der Waals surface area (Å²) in [5.41, 5.74) is 1.98. The first-order valence-electron chi connectivity index (χ1n) is 8.87. The summed E-state index contributed by atoms with van der Waals surface area (Å²) in [5.74, 6) is 0.617. The molecule has 1 heterocycles. The number of azo groups is 1. The van der Waals surface area contributed by atoms with Crippen molar-refractivity contribution < 1.29 is 14.6 Å². The molecule has 6 heteroatoms. The zero-order chi connectivity index (χ0) is 19.4. The standard InChI is InChI=1S/C21H23N3O3/c1-14(2)13-24-18-10-9-16(27-3)12-17(18)20(21(24)26)23-22-19(25)11-15-7-5-4-6-8-15/h4-10,12,14,26H,11,13H2,1-3H3. The number of fused-ring (bicyclic) bond motifs is 1. The van der Waals surface area contributed by atoms with Gasteiger partial charge >= 0.3 is 0 Å². The van der Waals surface area contributed by atoms with Gasteiger partial charge in [-0.2, -0.15) is 0 Å². The molecule has 0 aliphatic carbocycles. The Balaban J connectivity index is 1.96. The van der Waals surface area contributed by atoms with Crippen LogP contribution in [0.5, 0.6) is 11.6 Å². The normalized spacial score (nSPS) is 11.6. The smallest absolute Gasteiger partial charge is 0.269 e. The van der Waals surface area contributed by atoms with E-state index in [0.717, 1.165) is 11.1 Å². The van der Waals surface area contributed by atoms with E-state index in [4.69, 9.17) is 4.74 Å². The van der Waals surface area contributed by atoms with Crippen LogP contribution in [0.1, 0.15) is 19.4 Å². The third-order valence-corrected chi connectivity index (χ3v) is 4.22. The van der Waals surface area contributed by atoms with Crippen LogP contribution in [0.15, 0.2) is 58.8 Å². The Morgan fingerprint density at radius 3 is 2.59 bits per heavy atom. The lowest BCUT2D eigenvalue weighted by molar-refractivity contribution is -0.117. The molecule has 0 aliphatic heterocycles. The molecule has 0 bridgehead atoms. The van der Waals surface area contributed by atoms with Crippen molar-refractivity contribution in [1.82, 2.24) is 4.57 Å². The Hall–Kier alpha value is -3.15. The number of rotatable bonds is 6. The molecule has 0 spiro atoms. The Bertz CT molecular complexity index is 975. The van der Waals surface area contributed by atoms with E-state index in [1.165, 1.54) is 0 Å². The number of hydrogen-bond donors (Lipinski definition) is 1. The van der Waals surface area contributed by atoms with Gasteiger partial charge in [-0.3, -0.25) is 4.79 Å². The van der Waals surface area contributed by atoms with Gasteiger partial charge < -0.3 is 14.4 Å². The van der Waals surface area contributed by atoms with Gasteiger partial charge in [0.2, 0.25) is 5.88 Å². The highest BCUT2D eigenvalue weighted by Gasteiger charge is 2.18. The third-order valence-electron chi connectivity index (χ3n) is 4.22. The topological polar surface area (TPSA) is 76.2 Å². The number of carbonyl (C=O) groups excluding carboxylic acids is 1. The highest BCUT2D eigenvalue weighted by molar-refractivity contribution is 5.96. The molecule has 3 rings (SSSR count). The summed E-state index contributed by atoms with van der Waals surface area (Å²) in [4.78, 5) is 12.2. The Morgan fingerprint density at radius 2 is 1.93 bits per heavy atom. The minimum Gasteiger partial charge on any atom is -0.497 e. The van der Waals surface area contributed by atoms with Crippen molar-refractivity contribution in [3.8, 4) is 11.6 Å². The number of ether oxygens (including phenoxy) is 1. The van der Waals surface area contributed by atoms with Gasteiger partial charge in [-0.1, -0.05) is 44.2 Å². The van der Waals surface area contributed by atoms with Crippen LogP contribution in [-0.4, -0.2) is 22.7 Å². The molecule has 1 amide bonds. The molecule has 6 nitrogen and oxygen atoms in total. The molecule has 0 radical (unpaired) electrons. The fraction of sp³-hybridized carbons (Fsp3) is 0.286. The fourth-order valence-corrected chi connectivity index (χ4v) is 2.99. The molecule has 3 aromatic rings. The van der Waals surface area contributed by atoms with Gasteiger partial charge in [0.05, 0.1) is 19.0 Å². The van der Waals surface area contributed by atoms with Crippen LogP contribution in [0.25, 0.3) is 10.9 Å². The first-order valence-corrected chi connectivity index (χ1v) is 8.87. The predicted molar refractivity (Wildman–Crippen MR) is 105 cm³/mol. The van der Waals surface area contributed by atoms with Gasteiger partial charge in [0.25, 0.3) is 5.91 Å². The van der Waals surface area contributed by atoms with E-state index in [1.807, 2.05) is 42.5 Å². The summed E-state index contributed by atoms with van der Waals surface area (Å²) in [7, 11) is 1.58. The molecule has 0 fully saturated rings. The quantitative estimate of drug-likeness (QED) is 0.634. The third kappa shape index (κ3) is 4.16. The maximum atomic E-state index is 12.2. The van der Waals surface area contributed by atoms with Crippen LogP contribution in [-0.2, 0) is 17.8 Å². The van der Waals surface area contributed by atoms with Gasteiger partial charge in [-0.05, 0) is 29.7 Å². The Kier molecular flexibility index (Phi) is 5.54. The second-order valence-electron chi connectivity index (χ2n) is 6.82. The summed E-state index contributed by atoms with van der Waals surface area (Å²) in [5, 5.41) is 19.3. The molecular weight excluding hydrogens is 342 g/mol. The number of carbonyl (C=O) groups is 1. The monoisotopic (exact) mass is 365 g/mol. The summed E-state index contributed by atoms with van der Waals surface area (Å²) in [6.07, 6.45) is 0.166. The molecule has 2 aromatic carbocycles. The average Bonchev–Trinajstić information content (AvgIpc) is 2.91. The van der Waals surface area contributed by atoms with Crippen molar-refractivity contribution in [3.05, 3.63) is 54.1 Å². The van der Waals surface area contributed by atoms with Gasteiger partial charge in [0.1, 0.15) is 5.75 Å². The maximum Gasteiger partial charge on any atom is 0.269 e. The van der Waals surface area contributed by atoms with Crippen LogP contribution in [0.3, 0.4) is 0 Å².